The van der Waals surface area contributed by atoms with Crippen molar-refractivity contribution in [1.82, 2.24) is 0 Å². The van der Waals surface area contributed by atoms with E-state index >= 15 is 0 Å². The first kappa shape index (κ1) is 4.84. The second-order valence-electron chi connectivity index (χ2n) is 1.19. The number of carbonyl (C=O) groups is 1. The molecule has 0 spiro atoms. The van der Waals surface area contributed by atoms with Gasteiger partial charge < -0.3 is 4.74 Å². The first-order valence-corrected chi connectivity index (χ1v) is 2.64. The highest BCUT2D eigenvalue weighted by atomic mass is 79.9. The quantitative estimate of drug-likeness (QED) is 0.501. The van der Waals surface area contributed by atoms with Crippen molar-refractivity contribution in [2.75, 3.05) is 0 Å². The molecule has 3 heteroatoms. The Morgan fingerprint density at radius 2 is 2.57 bits per heavy atom. The van der Waals surface area contributed by atoms with Gasteiger partial charge in [0.25, 0.3) is 0 Å². The molecule has 0 saturated carbocycles. The highest BCUT2D eigenvalue weighted by molar-refractivity contribution is 9.11. The van der Waals surface area contributed by atoms with Crippen molar-refractivity contribution >= 4 is 21.9 Å². The van der Waals surface area contributed by atoms with Gasteiger partial charge in [-0.15, -0.1) is 0 Å². The number of esters is 1. The molecule has 0 aromatic carbocycles. The van der Waals surface area contributed by atoms with Gasteiger partial charge in [-0.1, -0.05) is 0 Å². The van der Waals surface area contributed by atoms with Crippen molar-refractivity contribution in [1.29, 1.82) is 0 Å². The van der Waals surface area contributed by atoms with E-state index in [0.717, 1.165) is 0 Å². The zero-order valence-corrected chi connectivity index (χ0v) is 5.06. The maximum Gasteiger partial charge on any atom is 0.315 e. The Labute approximate surface area is 49.3 Å². The Hall–Kier alpha value is -0.310. The second-order valence-corrected chi connectivity index (χ2v) is 1.97. The summed E-state index contributed by atoms with van der Waals surface area (Å²) in [7, 11) is 0. The molecule has 0 N–H and O–H groups in total. The maximum absolute atomic E-state index is 10.1. The lowest BCUT2D eigenvalue weighted by Crippen LogP contribution is -1.89. The van der Waals surface area contributed by atoms with Gasteiger partial charge in [-0.3, -0.25) is 4.79 Å². The summed E-state index contributed by atoms with van der Waals surface area (Å²) in [4.78, 5) is 10.1. The van der Waals surface area contributed by atoms with Crippen LogP contribution in [0.1, 0.15) is 6.42 Å². The average Bonchev–Trinajstić information content (AvgIpc) is 1.87. The maximum atomic E-state index is 10.1. The Bertz CT molecular complexity index is 128. The molecule has 2 nitrogen and oxygen atoms in total. The van der Waals surface area contributed by atoms with Gasteiger partial charge in [-0.25, -0.2) is 0 Å². The number of halogens is 1. The first-order chi connectivity index (χ1) is 3.29. The molecule has 0 aromatic heterocycles. The topological polar surface area (TPSA) is 26.3 Å². The van der Waals surface area contributed by atoms with Crippen LogP contribution in [0.5, 0.6) is 0 Å². The van der Waals surface area contributed by atoms with Crippen molar-refractivity contribution in [2.45, 2.75) is 6.42 Å². The molecule has 1 aliphatic rings. The van der Waals surface area contributed by atoms with Crippen LogP contribution in [-0.4, -0.2) is 5.97 Å². The molecule has 0 aromatic rings. The highest BCUT2D eigenvalue weighted by Gasteiger charge is 2.09. The van der Waals surface area contributed by atoms with E-state index in [9.17, 15) is 4.79 Å². The molecule has 0 aliphatic carbocycles. The van der Waals surface area contributed by atoms with Crippen LogP contribution in [0.3, 0.4) is 0 Å². The monoisotopic (exact) mass is 162 g/mol. The predicted molar refractivity (Wildman–Crippen MR) is 27.7 cm³/mol. The summed E-state index contributed by atoms with van der Waals surface area (Å²) in [6.45, 7) is 0. The van der Waals surface area contributed by atoms with Gasteiger partial charge >= 0.3 is 5.97 Å². The molecular formula is C4H3BrO2. The fraction of sp³-hybridized carbons (Fsp3) is 0.250. The van der Waals surface area contributed by atoms with Gasteiger partial charge in [-0.2, -0.15) is 0 Å². The van der Waals surface area contributed by atoms with Crippen LogP contribution in [0.2, 0.25) is 0 Å². The molecule has 0 bridgehead atoms. The average molecular weight is 163 g/mol. The van der Waals surface area contributed by atoms with E-state index in [4.69, 9.17) is 0 Å². The molecule has 0 atom stereocenters. The number of hydrogen-bond donors (Lipinski definition) is 0. The molecule has 0 fully saturated rings. The van der Waals surface area contributed by atoms with Crippen LogP contribution in [0.15, 0.2) is 10.7 Å². The van der Waals surface area contributed by atoms with E-state index in [1.165, 1.54) is 0 Å². The number of cyclic esters (lactones) is 1. The molecule has 0 saturated heterocycles. The van der Waals surface area contributed by atoms with E-state index in [2.05, 4.69) is 20.7 Å². The molecule has 0 radical (unpaired) electrons. The van der Waals surface area contributed by atoms with Crippen LogP contribution in [0.4, 0.5) is 0 Å². The standard InChI is InChI=1S/C4H3BrO2/c5-3-1-2-4(6)7-3/h1H,2H2. The first-order valence-electron chi connectivity index (χ1n) is 1.85. The van der Waals surface area contributed by atoms with E-state index < -0.39 is 0 Å². The number of rotatable bonds is 0. The number of hydrogen-bond acceptors (Lipinski definition) is 2. The van der Waals surface area contributed by atoms with Gasteiger partial charge in [0, 0.05) is 0 Å². The van der Waals surface area contributed by atoms with Crippen LogP contribution in [0.25, 0.3) is 0 Å². The summed E-state index contributed by atoms with van der Waals surface area (Å²) >= 11 is 3.00. The summed E-state index contributed by atoms with van der Waals surface area (Å²) in [5, 5.41) is 0. The third-order valence-electron chi connectivity index (χ3n) is 0.641. The molecular weight excluding hydrogens is 160 g/mol. The summed E-state index contributed by atoms with van der Waals surface area (Å²) in [6.07, 6.45) is 2.09. The molecule has 1 rings (SSSR count). The van der Waals surface area contributed by atoms with Crippen LogP contribution < -0.4 is 0 Å². The molecule has 0 amide bonds. The van der Waals surface area contributed by atoms with Gasteiger partial charge in [0.05, 0.1) is 6.42 Å². The minimum atomic E-state index is -0.188. The largest absolute Gasteiger partial charge is 0.419 e. The lowest BCUT2D eigenvalue weighted by molar-refractivity contribution is -0.135. The van der Waals surface area contributed by atoms with Gasteiger partial charge in [0.1, 0.15) is 0 Å². The Balaban J connectivity index is 2.58. The van der Waals surface area contributed by atoms with E-state index in [1.54, 1.807) is 6.08 Å². The zero-order valence-electron chi connectivity index (χ0n) is 3.48. The highest BCUT2D eigenvalue weighted by Crippen LogP contribution is 2.15. The lowest BCUT2D eigenvalue weighted by Gasteiger charge is -1.85. The third kappa shape index (κ3) is 1.03. The van der Waals surface area contributed by atoms with E-state index in [0.29, 0.717) is 11.1 Å². The van der Waals surface area contributed by atoms with Crippen molar-refractivity contribution in [3.8, 4) is 0 Å². The summed E-state index contributed by atoms with van der Waals surface area (Å²) in [6, 6.07) is 0. The van der Waals surface area contributed by atoms with E-state index in [1.807, 2.05) is 0 Å². The fourth-order valence-corrected chi connectivity index (χ4v) is 0.698. The van der Waals surface area contributed by atoms with E-state index in [-0.39, 0.29) is 5.97 Å². The Morgan fingerprint density at radius 3 is 2.71 bits per heavy atom. The lowest BCUT2D eigenvalue weighted by atomic mass is 10.5. The summed E-state index contributed by atoms with van der Waals surface area (Å²) < 4.78 is 5.04. The molecule has 0 unspecified atom stereocenters. The third-order valence-corrected chi connectivity index (χ3v) is 1.13. The summed E-state index contributed by atoms with van der Waals surface area (Å²) in [5.74, 6) is -0.188. The number of carbonyl (C=O) groups excluding carboxylic acids is 1. The number of ether oxygens (including phenoxy) is 1. The minimum Gasteiger partial charge on any atom is -0.419 e. The van der Waals surface area contributed by atoms with Crippen molar-refractivity contribution in [3.05, 3.63) is 10.7 Å². The van der Waals surface area contributed by atoms with Gasteiger partial charge in [0.2, 0.25) is 0 Å². The van der Waals surface area contributed by atoms with Gasteiger partial charge in [-0.05, 0) is 22.0 Å². The summed E-state index contributed by atoms with van der Waals surface area (Å²) in [5.41, 5.74) is 0. The fourth-order valence-electron chi connectivity index (χ4n) is 0.356. The minimum absolute atomic E-state index is 0.188. The Morgan fingerprint density at radius 1 is 1.86 bits per heavy atom. The zero-order chi connectivity index (χ0) is 5.28. The van der Waals surface area contributed by atoms with Crippen LogP contribution >= 0.6 is 15.9 Å². The molecule has 7 heavy (non-hydrogen) atoms. The van der Waals surface area contributed by atoms with Crippen molar-refractivity contribution < 1.29 is 9.53 Å². The normalized spacial score (nSPS) is 19.0. The van der Waals surface area contributed by atoms with Crippen molar-refractivity contribution in [3.63, 3.8) is 0 Å². The smallest absolute Gasteiger partial charge is 0.315 e. The second kappa shape index (κ2) is 1.66. The predicted octanol–water partition coefficient (Wildman–Crippen LogP) is 1.17. The van der Waals surface area contributed by atoms with Crippen LogP contribution in [-0.2, 0) is 9.53 Å². The Kier molecular flexibility index (Phi) is 1.15. The molecule has 38 valence electrons. The van der Waals surface area contributed by atoms with Gasteiger partial charge in [0.15, 0.2) is 4.67 Å². The van der Waals surface area contributed by atoms with Crippen LogP contribution in [0, 0.1) is 0 Å². The molecule has 1 aliphatic heterocycles. The SMILES string of the molecule is O=C1CC=C(Br)O1. The van der Waals surface area contributed by atoms with Crippen molar-refractivity contribution in [2.24, 2.45) is 0 Å². The molecule has 1 heterocycles.